The van der Waals surface area contributed by atoms with Crippen molar-refractivity contribution in [3.63, 3.8) is 0 Å². The molecule has 6 heteroatoms. The number of nitrogens with zero attached hydrogens (tertiary/aromatic N) is 1. The Morgan fingerprint density at radius 1 is 1.21 bits per heavy atom. The van der Waals surface area contributed by atoms with Gasteiger partial charge in [0.05, 0.1) is 0 Å². The number of rotatable bonds is 0. The van der Waals surface area contributed by atoms with Gasteiger partial charge >= 0.3 is 0 Å². The van der Waals surface area contributed by atoms with Gasteiger partial charge in [0, 0.05) is 6.08 Å². The van der Waals surface area contributed by atoms with Gasteiger partial charge in [0.1, 0.15) is 6.54 Å². The first kappa shape index (κ1) is 8.61. The molecular formula is C8H6N2O4. The number of imide groups is 1. The molecule has 6 nitrogen and oxygen atoms in total. The van der Waals surface area contributed by atoms with Crippen molar-refractivity contribution in [2.24, 2.45) is 0 Å². The summed E-state index contributed by atoms with van der Waals surface area (Å²) >= 11 is 0. The predicted molar refractivity (Wildman–Crippen MR) is 42.8 cm³/mol. The highest BCUT2D eigenvalue weighted by molar-refractivity contribution is 6.21. The third kappa shape index (κ3) is 1.12. The van der Waals surface area contributed by atoms with Crippen molar-refractivity contribution in [3.8, 4) is 0 Å². The van der Waals surface area contributed by atoms with Gasteiger partial charge in [0.25, 0.3) is 5.91 Å². The van der Waals surface area contributed by atoms with Gasteiger partial charge in [-0.3, -0.25) is 24.5 Å². The van der Waals surface area contributed by atoms with Crippen molar-refractivity contribution in [1.82, 2.24) is 10.2 Å². The van der Waals surface area contributed by atoms with Crippen LogP contribution in [0.5, 0.6) is 0 Å². The van der Waals surface area contributed by atoms with Gasteiger partial charge in [-0.25, -0.2) is 0 Å². The summed E-state index contributed by atoms with van der Waals surface area (Å²) in [4.78, 5) is 45.6. The molecule has 1 atom stereocenters. The van der Waals surface area contributed by atoms with Gasteiger partial charge in [0.2, 0.25) is 11.8 Å². The molecule has 0 saturated carbocycles. The molecule has 72 valence electrons. The van der Waals surface area contributed by atoms with Crippen molar-refractivity contribution >= 4 is 23.5 Å². The Morgan fingerprint density at radius 2 is 1.93 bits per heavy atom. The lowest BCUT2D eigenvalue weighted by Gasteiger charge is -2.33. The van der Waals surface area contributed by atoms with Crippen molar-refractivity contribution in [1.29, 1.82) is 0 Å². The summed E-state index contributed by atoms with van der Waals surface area (Å²) in [6.45, 7) is -0.245. The molecule has 0 aromatic rings. The number of amides is 3. The number of hydrogen-bond acceptors (Lipinski definition) is 4. The van der Waals surface area contributed by atoms with Crippen LogP contribution in [-0.2, 0) is 19.2 Å². The molecule has 2 aliphatic heterocycles. The van der Waals surface area contributed by atoms with Crippen LogP contribution in [0.3, 0.4) is 0 Å². The number of carbonyl (C=O) groups excluding carboxylic acids is 4. The molecule has 0 spiro atoms. The first-order chi connectivity index (χ1) is 6.59. The minimum Gasteiger partial charge on any atom is -0.311 e. The van der Waals surface area contributed by atoms with Crippen LogP contribution in [0.15, 0.2) is 12.2 Å². The summed E-state index contributed by atoms with van der Waals surface area (Å²) in [5.41, 5.74) is 0. The number of ketones is 1. The molecule has 14 heavy (non-hydrogen) atoms. The Hall–Kier alpha value is -1.98. The molecule has 0 bridgehead atoms. The lowest BCUT2D eigenvalue weighted by atomic mass is 10.0. The molecule has 0 radical (unpaired) electrons. The van der Waals surface area contributed by atoms with Crippen LogP contribution < -0.4 is 5.32 Å². The van der Waals surface area contributed by atoms with Crippen LogP contribution in [0.4, 0.5) is 0 Å². The topological polar surface area (TPSA) is 83.6 Å². The van der Waals surface area contributed by atoms with E-state index in [4.69, 9.17) is 0 Å². The van der Waals surface area contributed by atoms with Gasteiger partial charge in [-0.05, 0) is 6.08 Å². The molecule has 0 aromatic carbocycles. The highest BCUT2D eigenvalue weighted by atomic mass is 16.2. The van der Waals surface area contributed by atoms with E-state index in [1.165, 1.54) is 0 Å². The lowest BCUT2D eigenvalue weighted by molar-refractivity contribution is -0.151. The molecule has 0 aliphatic carbocycles. The molecule has 1 N–H and O–H groups in total. The fraction of sp³-hybridized carbons (Fsp3) is 0.250. The fourth-order valence-electron chi connectivity index (χ4n) is 1.46. The van der Waals surface area contributed by atoms with Gasteiger partial charge in [-0.1, -0.05) is 0 Å². The average Bonchev–Trinajstić information content (AvgIpc) is 2.10. The number of nitrogens with one attached hydrogen (secondary N) is 1. The molecule has 1 unspecified atom stereocenters. The first-order valence-electron chi connectivity index (χ1n) is 3.96. The zero-order chi connectivity index (χ0) is 10.3. The van der Waals surface area contributed by atoms with E-state index in [0.29, 0.717) is 0 Å². The Kier molecular flexibility index (Phi) is 1.70. The minimum atomic E-state index is -1.16. The second kappa shape index (κ2) is 2.76. The van der Waals surface area contributed by atoms with E-state index >= 15 is 0 Å². The van der Waals surface area contributed by atoms with Crippen molar-refractivity contribution < 1.29 is 19.2 Å². The molecule has 0 aromatic heterocycles. The molecule has 1 fully saturated rings. The van der Waals surface area contributed by atoms with E-state index in [1.807, 2.05) is 5.32 Å². The van der Waals surface area contributed by atoms with E-state index < -0.39 is 29.5 Å². The van der Waals surface area contributed by atoms with E-state index in [9.17, 15) is 19.2 Å². The zero-order valence-electron chi connectivity index (χ0n) is 7.02. The number of hydrogen-bond donors (Lipinski definition) is 1. The van der Waals surface area contributed by atoms with E-state index in [2.05, 4.69) is 0 Å². The summed E-state index contributed by atoms with van der Waals surface area (Å²) in [6, 6.07) is -1.16. The van der Waals surface area contributed by atoms with E-state index in [-0.39, 0.29) is 6.54 Å². The smallest absolute Gasteiger partial charge is 0.257 e. The van der Waals surface area contributed by atoms with Gasteiger partial charge in [0.15, 0.2) is 11.8 Å². The SMILES string of the molecule is O=C1CN2C(=O)C=CC(=O)C2C(=O)N1. The monoisotopic (exact) mass is 194 g/mol. The second-order valence-corrected chi connectivity index (χ2v) is 3.02. The third-order valence-corrected chi connectivity index (χ3v) is 2.08. The van der Waals surface area contributed by atoms with E-state index in [0.717, 1.165) is 17.1 Å². The second-order valence-electron chi connectivity index (χ2n) is 3.02. The Balaban J connectivity index is 2.40. The highest BCUT2D eigenvalue weighted by Crippen LogP contribution is 2.12. The number of carbonyl (C=O) groups is 4. The third-order valence-electron chi connectivity index (χ3n) is 2.08. The summed E-state index contributed by atoms with van der Waals surface area (Å²) in [5, 5.41) is 2.00. The Bertz CT molecular complexity index is 385. The standard InChI is InChI=1S/C8H6N2O4/c11-4-1-2-6(13)10-3-5(12)9-8(14)7(4)10/h1-2,7H,3H2,(H,9,12,14). The predicted octanol–water partition coefficient (Wildman–Crippen LogP) is -2.02. The largest absolute Gasteiger partial charge is 0.311 e. The average molecular weight is 194 g/mol. The van der Waals surface area contributed by atoms with Crippen molar-refractivity contribution in [2.75, 3.05) is 6.54 Å². The normalized spacial score (nSPS) is 26.3. The Labute approximate surface area is 78.5 Å². The molecule has 2 heterocycles. The fourth-order valence-corrected chi connectivity index (χ4v) is 1.46. The van der Waals surface area contributed by atoms with Crippen LogP contribution in [0.1, 0.15) is 0 Å². The number of piperazine rings is 1. The molecule has 1 saturated heterocycles. The molecule has 2 aliphatic rings. The van der Waals surface area contributed by atoms with E-state index in [1.54, 1.807) is 0 Å². The van der Waals surface area contributed by atoms with Gasteiger partial charge in [-0.15, -0.1) is 0 Å². The molecular weight excluding hydrogens is 188 g/mol. The molecule has 3 amide bonds. The maximum atomic E-state index is 11.2. The summed E-state index contributed by atoms with van der Waals surface area (Å²) in [5.74, 6) is -2.26. The number of fused-ring (bicyclic) bond motifs is 1. The van der Waals surface area contributed by atoms with Crippen molar-refractivity contribution in [3.05, 3.63) is 12.2 Å². The quantitative estimate of drug-likeness (QED) is 0.356. The maximum Gasteiger partial charge on any atom is 0.257 e. The van der Waals surface area contributed by atoms with Crippen LogP contribution in [0.25, 0.3) is 0 Å². The van der Waals surface area contributed by atoms with Gasteiger partial charge in [-0.2, -0.15) is 0 Å². The Morgan fingerprint density at radius 3 is 2.64 bits per heavy atom. The summed E-state index contributed by atoms with van der Waals surface area (Å²) < 4.78 is 0. The van der Waals surface area contributed by atoms with Crippen LogP contribution in [0, 0.1) is 0 Å². The lowest BCUT2D eigenvalue weighted by Crippen LogP contribution is -2.63. The van der Waals surface area contributed by atoms with Crippen LogP contribution >= 0.6 is 0 Å². The first-order valence-corrected chi connectivity index (χ1v) is 3.96. The summed E-state index contributed by atoms with van der Waals surface area (Å²) in [6.07, 6.45) is 2.11. The summed E-state index contributed by atoms with van der Waals surface area (Å²) in [7, 11) is 0. The van der Waals surface area contributed by atoms with Crippen LogP contribution in [-0.4, -0.2) is 41.0 Å². The minimum absolute atomic E-state index is 0.245. The molecule has 2 rings (SSSR count). The maximum absolute atomic E-state index is 11.2. The van der Waals surface area contributed by atoms with Gasteiger partial charge < -0.3 is 4.90 Å². The van der Waals surface area contributed by atoms with Crippen LogP contribution in [0.2, 0.25) is 0 Å². The highest BCUT2D eigenvalue weighted by Gasteiger charge is 2.41. The zero-order valence-corrected chi connectivity index (χ0v) is 7.02. The van der Waals surface area contributed by atoms with Crippen molar-refractivity contribution in [2.45, 2.75) is 6.04 Å².